The molecule has 0 spiro atoms. The van der Waals surface area contributed by atoms with Gasteiger partial charge in [-0.05, 0) is 19.1 Å². The fourth-order valence-corrected chi connectivity index (χ4v) is 1.34. The molecule has 0 radical (unpaired) electrons. The van der Waals surface area contributed by atoms with Crippen LogP contribution < -0.4 is 4.74 Å². The Morgan fingerprint density at radius 1 is 1.12 bits per heavy atom. The maximum Gasteiger partial charge on any atom is 0.163 e. The first-order valence-corrected chi connectivity index (χ1v) is 5.55. The maximum atomic E-state index is 11.3. The van der Waals surface area contributed by atoms with E-state index in [4.69, 9.17) is 14.2 Å². The van der Waals surface area contributed by atoms with Crippen LogP contribution in [0.25, 0.3) is 0 Å². The van der Waals surface area contributed by atoms with Crippen LogP contribution in [0.5, 0.6) is 5.75 Å². The molecule has 0 aliphatic carbocycles. The van der Waals surface area contributed by atoms with E-state index in [1.165, 1.54) is 6.92 Å². The number of carbonyl (C=O) groups is 1. The Kier molecular flexibility index (Phi) is 6.29. The summed E-state index contributed by atoms with van der Waals surface area (Å²) in [6.45, 7) is 3.55. The molecule has 0 aliphatic heterocycles. The summed E-state index contributed by atoms with van der Waals surface area (Å²) in [5.74, 6) is 0.608. The summed E-state index contributed by atoms with van der Waals surface area (Å²) in [7, 11) is 1.63. The van der Waals surface area contributed by atoms with Crippen molar-refractivity contribution in [1.82, 2.24) is 0 Å². The molecule has 4 nitrogen and oxygen atoms in total. The Morgan fingerprint density at radius 3 is 2.53 bits per heavy atom. The molecule has 0 fully saturated rings. The van der Waals surface area contributed by atoms with Crippen molar-refractivity contribution in [3.05, 3.63) is 29.8 Å². The number of benzene rings is 1. The average Bonchev–Trinajstić information content (AvgIpc) is 2.34. The molecule has 0 N–H and O–H groups in total. The van der Waals surface area contributed by atoms with Gasteiger partial charge in [0, 0.05) is 7.11 Å². The van der Waals surface area contributed by atoms with E-state index >= 15 is 0 Å². The number of hydrogen-bond acceptors (Lipinski definition) is 4. The summed E-state index contributed by atoms with van der Waals surface area (Å²) in [6.07, 6.45) is 0. The minimum atomic E-state index is 0.000835. The Morgan fingerprint density at radius 2 is 1.82 bits per heavy atom. The number of methoxy groups -OCH3 is 1. The van der Waals surface area contributed by atoms with E-state index < -0.39 is 0 Å². The molecule has 0 atom stereocenters. The van der Waals surface area contributed by atoms with Gasteiger partial charge in [0.1, 0.15) is 12.4 Å². The van der Waals surface area contributed by atoms with Gasteiger partial charge in [-0.3, -0.25) is 4.79 Å². The molecule has 0 saturated carbocycles. The highest BCUT2D eigenvalue weighted by Gasteiger charge is 2.06. The second-order valence-corrected chi connectivity index (χ2v) is 3.51. The smallest absolute Gasteiger partial charge is 0.163 e. The highest BCUT2D eigenvalue weighted by Crippen LogP contribution is 2.17. The van der Waals surface area contributed by atoms with E-state index in [-0.39, 0.29) is 5.78 Å². The lowest BCUT2D eigenvalue weighted by Crippen LogP contribution is -2.11. The van der Waals surface area contributed by atoms with E-state index in [2.05, 4.69) is 0 Å². The zero-order chi connectivity index (χ0) is 12.5. The van der Waals surface area contributed by atoms with Gasteiger partial charge in [0.25, 0.3) is 0 Å². The van der Waals surface area contributed by atoms with Crippen LogP contribution in [-0.2, 0) is 9.47 Å². The molecule has 1 aromatic rings. The second-order valence-electron chi connectivity index (χ2n) is 3.51. The first kappa shape index (κ1) is 13.7. The molecule has 0 amide bonds. The highest BCUT2D eigenvalue weighted by molar-refractivity contribution is 5.96. The van der Waals surface area contributed by atoms with Crippen LogP contribution in [0.4, 0.5) is 0 Å². The third kappa shape index (κ3) is 4.97. The van der Waals surface area contributed by atoms with Crippen molar-refractivity contribution in [3.63, 3.8) is 0 Å². The summed E-state index contributed by atoms with van der Waals surface area (Å²) in [6, 6.07) is 7.20. The number of hydrogen-bond donors (Lipinski definition) is 0. The summed E-state index contributed by atoms with van der Waals surface area (Å²) >= 11 is 0. The van der Waals surface area contributed by atoms with Gasteiger partial charge < -0.3 is 14.2 Å². The third-order valence-corrected chi connectivity index (χ3v) is 2.18. The maximum absolute atomic E-state index is 11.3. The number of ether oxygens (including phenoxy) is 3. The standard InChI is InChI=1S/C13H18O4/c1-11(14)12-5-3-4-6-13(12)17-10-9-16-8-7-15-2/h3-6H,7-10H2,1-2H3. The topological polar surface area (TPSA) is 44.8 Å². The first-order chi connectivity index (χ1) is 8.25. The van der Waals surface area contributed by atoms with Gasteiger partial charge in [-0.25, -0.2) is 0 Å². The Bertz CT molecular complexity index is 349. The molecule has 0 aromatic heterocycles. The van der Waals surface area contributed by atoms with Crippen molar-refractivity contribution in [1.29, 1.82) is 0 Å². The lowest BCUT2D eigenvalue weighted by atomic mass is 10.1. The van der Waals surface area contributed by atoms with E-state index in [9.17, 15) is 4.79 Å². The van der Waals surface area contributed by atoms with Gasteiger partial charge >= 0.3 is 0 Å². The van der Waals surface area contributed by atoms with Gasteiger partial charge in [0.15, 0.2) is 5.78 Å². The third-order valence-electron chi connectivity index (χ3n) is 2.18. The molecule has 94 valence electrons. The Hall–Kier alpha value is -1.39. The van der Waals surface area contributed by atoms with Crippen molar-refractivity contribution in [3.8, 4) is 5.75 Å². The molecule has 0 heterocycles. The molecule has 0 aliphatic rings. The predicted molar refractivity (Wildman–Crippen MR) is 64.6 cm³/mol. The number of ketones is 1. The average molecular weight is 238 g/mol. The Labute approximate surface area is 101 Å². The lowest BCUT2D eigenvalue weighted by molar-refractivity contribution is 0.0542. The van der Waals surface area contributed by atoms with Crippen LogP contribution in [0.2, 0.25) is 0 Å². The fraction of sp³-hybridized carbons (Fsp3) is 0.462. The normalized spacial score (nSPS) is 10.2. The summed E-state index contributed by atoms with van der Waals surface area (Å²) < 4.78 is 15.6. The van der Waals surface area contributed by atoms with Crippen LogP contribution in [0.1, 0.15) is 17.3 Å². The highest BCUT2D eigenvalue weighted by atomic mass is 16.5. The molecule has 0 bridgehead atoms. The van der Waals surface area contributed by atoms with Gasteiger partial charge in [0.05, 0.1) is 25.4 Å². The molecular weight excluding hydrogens is 220 g/mol. The molecule has 0 saturated heterocycles. The number of Topliss-reactive ketones (excluding diaryl/α,β-unsaturated/α-hetero) is 1. The first-order valence-electron chi connectivity index (χ1n) is 5.55. The summed E-state index contributed by atoms with van der Waals surface area (Å²) in [5, 5.41) is 0. The van der Waals surface area contributed by atoms with Crippen LogP contribution in [0, 0.1) is 0 Å². The minimum Gasteiger partial charge on any atom is -0.490 e. The van der Waals surface area contributed by atoms with Gasteiger partial charge in [-0.15, -0.1) is 0 Å². The largest absolute Gasteiger partial charge is 0.490 e. The molecular formula is C13H18O4. The summed E-state index contributed by atoms with van der Waals surface area (Å²) in [4.78, 5) is 11.3. The monoisotopic (exact) mass is 238 g/mol. The number of para-hydroxylation sites is 1. The number of carbonyl (C=O) groups excluding carboxylic acids is 1. The van der Waals surface area contributed by atoms with E-state index in [1.807, 2.05) is 12.1 Å². The predicted octanol–water partition coefficient (Wildman–Crippen LogP) is 1.93. The molecule has 0 unspecified atom stereocenters. The fourth-order valence-electron chi connectivity index (χ4n) is 1.34. The Balaban J connectivity index is 2.34. The van der Waals surface area contributed by atoms with Crippen molar-refractivity contribution in [2.45, 2.75) is 6.92 Å². The van der Waals surface area contributed by atoms with Gasteiger partial charge in [-0.2, -0.15) is 0 Å². The molecule has 17 heavy (non-hydrogen) atoms. The van der Waals surface area contributed by atoms with E-state index in [0.717, 1.165) is 0 Å². The van der Waals surface area contributed by atoms with E-state index in [1.54, 1.807) is 19.2 Å². The minimum absolute atomic E-state index is 0.000835. The second kappa shape index (κ2) is 7.81. The zero-order valence-electron chi connectivity index (χ0n) is 10.3. The quantitative estimate of drug-likeness (QED) is 0.513. The summed E-state index contributed by atoms with van der Waals surface area (Å²) in [5.41, 5.74) is 0.601. The van der Waals surface area contributed by atoms with Crippen LogP contribution in [0.15, 0.2) is 24.3 Å². The van der Waals surface area contributed by atoms with Crippen LogP contribution >= 0.6 is 0 Å². The zero-order valence-corrected chi connectivity index (χ0v) is 10.3. The van der Waals surface area contributed by atoms with Crippen LogP contribution in [0.3, 0.4) is 0 Å². The molecule has 1 aromatic carbocycles. The van der Waals surface area contributed by atoms with Crippen molar-refractivity contribution in [2.75, 3.05) is 33.5 Å². The SMILES string of the molecule is COCCOCCOc1ccccc1C(C)=O. The molecule has 4 heteroatoms. The van der Waals surface area contributed by atoms with Gasteiger partial charge in [0.2, 0.25) is 0 Å². The van der Waals surface area contributed by atoms with Crippen molar-refractivity contribution >= 4 is 5.78 Å². The van der Waals surface area contributed by atoms with Crippen LogP contribution in [-0.4, -0.2) is 39.3 Å². The van der Waals surface area contributed by atoms with Crippen molar-refractivity contribution < 1.29 is 19.0 Å². The molecule has 1 rings (SSSR count). The van der Waals surface area contributed by atoms with Crippen molar-refractivity contribution in [2.24, 2.45) is 0 Å². The van der Waals surface area contributed by atoms with Gasteiger partial charge in [-0.1, -0.05) is 12.1 Å². The van der Waals surface area contributed by atoms with E-state index in [0.29, 0.717) is 37.7 Å². The number of rotatable bonds is 8. The lowest BCUT2D eigenvalue weighted by Gasteiger charge is -2.09.